The van der Waals surface area contributed by atoms with Crippen LogP contribution in [0.15, 0.2) is 23.1 Å². The lowest BCUT2D eigenvalue weighted by atomic mass is 10.3. The first-order chi connectivity index (χ1) is 11.3. The molecule has 0 aliphatic carbocycles. The van der Waals surface area contributed by atoms with Crippen LogP contribution >= 0.6 is 11.8 Å². The van der Waals surface area contributed by atoms with E-state index in [2.05, 4.69) is 5.32 Å². The van der Waals surface area contributed by atoms with Crippen LogP contribution in [0.3, 0.4) is 0 Å². The number of anilines is 1. The molecule has 1 aromatic rings. The minimum absolute atomic E-state index is 0.0383. The van der Waals surface area contributed by atoms with Gasteiger partial charge in [0.15, 0.2) is 0 Å². The number of hydrogen-bond acceptors (Lipinski definition) is 6. The molecular weight excluding hydrogens is 354 g/mol. The molecule has 1 fully saturated rings. The minimum Gasteiger partial charge on any atom is -0.495 e. The van der Waals surface area contributed by atoms with Gasteiger partial charge in [0.1, 0.15) is 12.3 Å². The molecule has 0 spiro atoms. The predicted octanol–water partition coefficient (Wildman–Crippen LogP) is 0.417. The molecule has 1 heterocycles. The summed E-state index contributed by atoms with van der Waals surface area (Å²) in [4.78, 5) is 25.2. The number of nitrogens with one attached hydrogen (secondary N) is 1. The second-order valence-electron chi connectivity index (χ2n) is 5.27. The van der Waals surface area contributed by atoms with E-state index < -0.39 is 15.9 Å². The molecule has 1 N–H and O–H groups in total. The normalized spacial score (nSPS) is 15.0. The number of amides is 2. The summed E-state index contributed by atoms with van der Waals surface area (Å²) in [7, 11) is 0.640. The topological polar surface area (TPSA) is 96.0 Å². The van der Waals surface area contributed by atoms with Crippen LogP contribution < -0.4 is 10.1 Å². The average Bonchev–Trinajstić information content (AvgIpc) is 2.92. The molecule has 2 amide bonds. The van der Waals surface area contributed by atoms with E-state index in [0.29, 0.717) is 17.4 Å². The molecule has 10 heteroatoms. The molecule has 0 radical (unpaired) electrons. The fourth-order valence-electron chi connectivity index (χ4n) is 2.06. The number of sulfonamides is 1. The maximum atomic E-state index is 12.2. The van der Waals surface area contributed by atoms with E-state index in [1.165, 1.54) is 56.1 Å². The molecule has 1 aliphatic rings. The van der Waals surface area contributed by atoms with Gasteiger partial charge in [-0.3, -0.25) is 9.59 Å². The van der Waals surface area contributed by atoms with Gasteiger partial charge in [0, 0.05) is 14.1 Å². The maximum Gasteiger partial charge on any atom is 0.244 e. The number of hydrogen-bond donors (Lipinski definition) is 1. The van der Waals surface area contributed by atoms with Gasteiger partial charge in [-0.25, -0.2) is 12.7 Å². The van der Waals surface area contributed by atoms with E-state index in [4.69, 9.17) is 4.74 Å². The highest BCUT2D eigenvalue weighted by atomic mass is 32.2. The summed E-state index contributed by atoms with van der Waals surface area (Å²) < 4.78 is 30.7. The van der Waals surface area contributed by atoms with Crippen LogP contribution in [-0.4, -0.2) is 68.8 Å². The van der Waals surface area contributed by atoms with Crippen LogP contribution in [0.1, 0.15) is 0 Å². The monoisotopic (exact) mass is 373 g/mol. The van der Waals surface area contributed by atoms with Crippen molar-refractivity contribution < 1.29 is 22.7 Å². The molecule has 2 rings (SSSR count). The second kappa shape index (κ2) is 7.41. The van der Waals surface area contributed by atoms with E-state index >= 15 is 0 Å². The summed E-state index contributed by atoms with van der Waals surface area (Å²) >= 11 is 1.44. The van der Waals surface area contributed by atoms with Crippen LogP contribution in [0, 0.1) is 0 Å². The molecule has 1 aromatic carbocycles. The summed E-state index contributed by atoms with van der Waals surface area (Å²) in [5, 5.41) is 2.61. The summed E-state index contributed by atoms with van der Waals surface area (Å²) in [5.41, 5.74) is 0.240. The number of carbonyl (C=O) groups is 2. The summed E-state index contributed by atoms with van der Waals surface area (Å²) in [6.07, 6.45) is 0. The van der Waals surface area contributed by atoms with Crippen LogP contribution in [0.25, 0.3) is 0 Å². The molecule has 1 aliphatic heterocycles. The molecule has 0 atom stereocenters. The molecule has 0 aromatic heterocycles. The van der Waals surface area contributed by atoms with Crippen LogP contribution in [-0.2, 0) is 19.6 Å². The Hall–Kier alpha value is -1.78. The Balaban J connectivity index is 2.21. The van der Waals surface area contributed by atoms with Crippen molar-refractivity contribution in [2.45, 2.75) is 4.90 Å². The van der Waals surface area contributed by atoms with Gasteiger partial charge >= 0.3 is 0 Å². The number of rotatable bonds is 6. The van der Waals surface area contributed by atoms with Gasteiger partial charge < -0.3 is 15.0 Å². The molecule has 0 bridgehead atoms. The van der Waals surface area contributed by atoms with E-state index in [9.17, 15) is 18.0 Å². The summed E-state index contributed by atoms with van der Waals surface area (Å²) in [6, 6.07) is 4.22. The zero-order valence-corrected chi connectivity index (χ0v) is 15.2. The number of carbonyl (C=O) groups excluding carboxylic acids is 2. The van der Waals surface area contributed by atoms with Gasteiger partial charge in [-0.1, -0.05) is 0 Å². The fourth-order valence-corrected chi connectivity index (χ4v) is 3.89. The largest absolute Gasteiger partial charge is 0.495 e. The van der Waals surface area contributed by atoms with Crippen molar-refractivity contribution in [3.63, 3.8) is 0 Å². The Bertz CT molecular complexity index is 749. The highest BCUT2D eigenvalue weighted by Gasteiger charge is 2.24. The number of nitrogens with zero attached hydrogens (tertiary/aromatic N) is 2. The highest BCUT2D eigenvalue weighted by molar-refractivity contribution is 8.00. The lowest BCUT2D eigenvalue weighted by Gasteiger charge is -2.17. The third kappa shape index (κ3) is 4.00. The van der Waals surface area contributed by atoms with E-state index in [-0.39, 0.29) is 23.0 Å². The van der Waals surface area contributed by atoms with E-state index in [0.717, 1.165) is 4.31 Å². The zero-order valence-electron chi connectivity index (χ0n) is 13.6. The van der Waals surface area contributed by atoms with Gasteiger partial charge in [-0.05, 0) is 18.2 Å². The van der Waals surface area contributed by atoms with E-state index in [1.807, 2.05) is 0 Å². The molecular formula is C14H19N3O5S2. The Morgan fingerprint density at radius 2 is 2.12 bits per heavy atom. The van der Waals surface area contributed by atoms with Gasteiger partial charge in [-0.15, -0.1) is 11.8 Å². The first kappa shape index (κ1) is 18.6. The van der Waals surface area contributed by atoms with Crippen molar-refractivity contribution in [2.24, 2.45) is 0 Å². The summed E-state index contributed by atoms with van der Waals surface area (Å²) in [5.74, 6) is 0.670. The summed E-state index contributed by atoms with van der Waals surface area (Å²) in [6.45, 7) is -0.0837. The van der Waals surface area contributed by atoms with Crippen LogP contribution in [0.2, 0.25) is 0 Å². The van der Waals surface area contributed by atoms with Crippen molar-refractivity contribution in [1.29, 1.82) is 0 Å². The van der Waals surface area contributed by atoms with E-state index in [1.54, 1.807) is 0 Å². The number of benzene rings is 1. The Labute approximate surface area is 145 Å². The van der Waals surface area contributed by atoms with Crippen molar-refractivity contribution in [2.75, 3.05) is 44.7 Å². The van der Waals surface area contributed by atoms with Gasteiger partial charge in [0.25, 0.3) is 0 Å². The maximum absolute atomic E-state index is 12.2. The Kier molecular flexibility index (Phi) is 5.73. The third-order valence-corrected chi connectivity index (χ3v) is 6.14. The zero-order chi connectivity index (χ0) is 17.9. The van der Waals surface area contributed by atoms with Crippen molar-refractivity contribution in [1.82, 2.24) is 9.21 Å². The highest BCUT2D eigenvalue weighted by Crippen LogP contribution is 2.28. The molecule has 132 valence electrons. The fraction of sp³-hybridized carbons (Fsp3) is 0.429. The van der Waals surface area contributed by atoms with Gasteiger partial charge in [-0.2, -0.15) is 0 Å². The van der Waals surface area contributed by atoms with Crippen molar-refractivity contribution in [3.05, 3.63) is 18.2 Å². The Morgan fingerprint density at radius 3 is 2.67 bits per heavy atom. The van der Waals surface area contributed by atoms with Crippen LogP contribution in [0.5, 0.6) is 5.75 Å². The average molecular weight is 373 g/mol. The second-order valence-corrected chi connectivity index (χ2v) is 8.37. The number of ether oxygens (including phenoxy) is 1. The minimum atomic E-state index is -3.63. The molecule has 8 nitrogen and oxygen atoms in total. The van der Waals surface area contributed by atoms with Crippen LogP contribution in [0.4, 0.5) is 5.69 Å². The standard InChI is InChI=1S/C14H19N3O5S2/c1-16(2)24(20,21)10-4-5-12(22-3)11(6-10)15-13(18)7-17-9-23-8-14(17)19/h4-6H,7-9H2,1-3H3,(H,15,18). The lowest BCUT2D eigenvalue weighted by Crippen LogP contribution is -2.34. The first-order valence-corrected chi connectivity index (χ1v) is 9.61. The quantitative estimate of drug-likeness (QED) is 0.776. The SMILES string of the molecule is COc1ccc(S(=O)(=O)N(C)C)cc1NC(=O)CN1CSCC1=O. The molecule has 24 heavy (non-hydrogen) atoms. The Morgan fingerprint density at radius 1 is 1.42 bits per heavy atom. The number of methoxy groups -OCH3 is 1. The predicted molar refractivity (Wildman–Crippen MR) is 91.5 cm³/mol. The number of thioether (sulfide) groups is 1. The first-order valence-electron chi connectivity index (χ1n) is 7.01. The van der Waals surface area contributed by atoms with Crippen molar-refractivity contribution in [3.8, 4) is 5.75 Å². The molecule has 1 saturated heterocycles. The van der Waals surface area contributed by atoms with Crippen molar-refractivity contribution >= 4 is 39.3 Å². The van der Waals surface area contributed by atoms with Gasteiger partial charge in [0.05, 0.1) is 29.3 Å². The molecule has 0 saturated carbocycles. The smallest absolute Gasteiger partial charge is 0.244 e. The van der Waals surface area contributed by atoms with Gasteiger partial charge in [0.2, 0.25) is 21.8 Å². The lowest BCUT2D eigenvalue weighted by molar-refractivity contribution is -0.130. The molecule has 0 unspecified atom stereocenters. The third-order valence-electron chi connectivity index (χ3n) is 3.38.